The molecule has 0 N–H and O–H groups in total. The van der Waals surface area contributed by atoms with Gasteiger partial charge in [0.05, 0.1) is 6.07 Å². The van der Waals surface area contributed by atoms with E-state index in [0.29, 0.717) is 4.68 Å². The maximum absolute atomic E-state index is 11.2. The third kappa shape index (κ3) is 2.65. The molecule has 0 saturated heterocycles. The van der Waals surface area contributed by atoms with Gasteiger partial charge in [0.15, 0.2) is 0 Å². The van der Waals surface area contributed by atoms with E-state index in [1.165, 1.54) is 24.3 Å². The average molecular weight is 265 g/mol. The Morgan fingerprint density at radius 3 is 2.68 bits per heavy atom. The summed E-state index contributed by atoms with van der Waals surface area (Å²) in [6, 6.07) is 2.55. The highest BCUT2D eigenvalue weighted by atomic mass is 16.6. The minimum absolute atomic E-state index is 0.112. The van der Waals surface area contributed by atoms with Gasteiger partial charge in [0.2, 0.25) is 11.8 Å². The number of rotatable bonds is 3. The number of carbonyl (C=O) groups is 1. The molecule has 0 unspecified atom stereocenters. The first-order valence-corrected chi connectivity index (χ1v) is 5.01. The van der Waals surface area contributed by atoms with Crippen molar-refractivity contribution in [2.75, 3.05) is 0 Å². The summed E-state index contributed by atoms with van der Waals surface area (Å²) >= 11 is 0. The first-order chi connectivity index (χ1) is 8.97. The van der Waals surface area contributed by atoms with Crippen LogP contribution in [-0.2, 0) is 0 Å². The Balaban J connectivity index is 2.22. The number of hydrogen-bond acceptors (Lipinski definition) is 7. The van der Waals surface area contributed by atoms with Crippen molar-refractivity contribution in [1.82, 2.24) is 9.78 Å². The van der Waals surface area contributed by atoms with Crippen LogP contribution in [0.15, 0.2) is 25.8 Å². The lowest BCUT2D eigenvalue weighted by molar-refractivity contribution is -0.402. The zero-order valence-electron chi connectivity index (χ0n) is 9.60. The van der Waals surface area contributed by atoms with E-state index < -0.39 is 22.5 Å². The summed E-state index contributed by atoms with van der Waals surface area (Å²) < 4.78 is 10.1. The third-order valence-electron chi connectivity index (χ3n) is 2.04. The standard InChI is InChI=1S/C10H7N3O6/c1-6(14)12-10(15)19-8(11-12)4-2-7-3-5-9(18-7)13(16)17/h2-5H,1H3. The van der Waals surface area contributed by atoms with Crippen molar-refractivity contribution in [3.05, 3.63) is 44.4 Å². The van der Waals surface area contributed by atoms with Gasteiger partial charge in [-0.25, -0.2) is 4.79 Å². The highest BCUT2D eigenvalue weighted by molar-refractivity contribution is 5.74. The van der Waals surface area contributed by atoms with Crippen LogP contribution in [0, 0.1) is 10.1 Å². The van der Waals surface area contributed by atoms with Crippen LogP contribution in [0.3, 0.4) is 0 Å². The SMILES string of the molecule is CC(=O)n1nc(C=Cc2ccc([N+](=O)[O-])o2)oc1=O. The van der Waals surface area contributed by atoms with Crippen molar-refractivity contribution in [1.29, 1.82) is 0 Å². The molecule has 9 heteroatoms. The Morgan fingerprint density at radius 1 is 1.42 bits per heavy atom. The highest BCUT2D eigenvalue weighted by Crippen LogP contribution is 2.17. The summed E-state index contributed by atoms with van der Waals surface area (Å²) in [5.74, 6) is -1.82. The lowest BCUT2D eigenvalue weighted by atomic mass is 10.4. The predicted molar refractivity (Wildman–Crippen MR) is 61.4 cm³/mol. The Kier molecular flexibility index (Phi) is 3.10. The fourth-order valence-corrected chi connectivity index (χ4v) is 1.24. The molecule has 0 fully saturated rings. The molecule has 2 rings (SSSR count). The van der Waals surface area contributed by atoms with Gasteiger partial charge in [-0.3, -0.25) is 14.9 Å². The second-order valence-electron chi connectivity index (χ2n) is 3.40. The smallest absolute Gasteiger partial charge is 0.401 e. The van der Waals surface area contributed by atoms with E-state index in [2.05, 4.69) is 9.52 Å². The molecular weight excluding hydrogens is 258 g/mol. The van der Waals surface area contributed by atoms with Gasteiger partial charge >= 0.3 is 11.6 Å². The van der Waals surface area contributed by atoms with E-state index >= 15 is 0 Å². The molecule has 19 heavy (non-hydrogen) atoms. The van der Waals surface area contributed by atoms with Gasteiger partial charge < -0.3 is 8.83 Å². The van der Waals surface area contributed by atoms with Crippen LogP contribution in [0.4, 0.5) is 5.88 Å². The molecule has 0 atom stereocenters. The van der Waals surface area contributed by atoms with Crippen LogP contribution in [0.1, 0.15) is 23.4 Å². The second-order valence-corrected chi connectivity index (χ2v) is 3.40. The van der Waals surface area contributed by atoms with Gasteiger partial charge in [-0.2, -0.15) is 0 Å². The molecule has 0 aromatic carbocycles. The summed E-state index contributed by atoms with van der Waals surface area (Å²) in [6.07, 6.45) is 2.58. The fraction of sp³-hybridized carbons (Fsp3) is 0.100. The summed E-state index contributed by atoms with van der Waals surface area (Å²) in [5.41, 5.74) is 0. The van der Waals surface area contributed by atoms with Gasteiger partial charge in [0.25, 0.3) is 0 Å². The highest BCUT2D eigenvalue weighted by Gasteiger charge is 2.11. The minimum atomic E-state index is -0.905. The van der Waals surface area contributed by atoms with E-state index in [1.807, 2.05) is 0 Å². The van der Waals surface area contributed by atoms with Crippen molar-refractivity contribution in [2.24, 2.45) is 0 Å². The van der Waals surface area contributed by atoms with E-state index in [9.17, 15) is 19.7 Å². The average Bonchev–Trinajstić information content (AvgIpc) is 2.92. The Bertz CT molecular complexity index is 720. The predicted octanol–water partition coefficient (Wildman–Crippen LogP) is 1.17. The van der Waals surface area contributed by atoms with Crippen LogP contribution in [0.2, 0.25) is 0 Å². The van der Waals surface area contributed by atoms with Gasteiger partial charge in [0, 0.05) is 13.0 Å². The van der Waals surface area contributed by atoms with Crippen LogP contribution in [-0.4, -0.2) is 20.6 Å². The molecule has 2 heterocycles. The van der Waals surface area contributed by atoms with Crippen molar-refractivity contribution < 1.29 is 18.6 Å². The van der Waals surface area contributed by atoms with Crippen molar-refractivity contribution >= 4 is 23.9 Å². The molecular formula is C10H7N3O6. The Hall–Kier alpha value is -2.97. The van der Waals surface area contributed by atoms with Crippen LogP contribution in [0.5, 0.6) is 0 Å². The normalized spacial score (nSPS) is 11.0. The Labute approximate surface area is 104 Å². The van der Waals surface area contributed by atoms with Gasteiger partial charge in [0.1, 0.15) is 10.7 Å². The van der Waals surface area contributed by atoms with Crippen molar-refractivity contribution in [3.63, 3.8) is 0 Å². The molecule has 98 valence electrons. The monoisotopic (exact) mass is 265 g/mol. The number of hydrogen-bond donors (Lipinski definition) is 0. The van der Waals surface area contributed by atoms with Gasteiger partial charge in [-0.1, -0.05) is 0 Å². The quantitative estimate of drug-likeness (QED) is 0.602. The number of aromatic nitrogens is 2. The number of nitro groups is 1. The first kappa shape index (κ1) is 12.5. The molecule has 0 spiro atoms. The van der Waals surface area contributed by atoms with E-state index in [1.54, 1.807) is 0 Å². The van der Waals surface area contributed by atoms with E-state index in [4.69, 9.17) is 4.42 Å². The topological polar surface area (TPSA) is 121 Å². The maximum Gasteiger partial charge on any atom is 0.444 e. The molecule has 0 bridgehead atoms. The molecule has 9 nitrogen and oxygen atoms in total. The second kappa shape index (κ2) is 4.72. The zero-order chi connectivity index (χ0) is 14.0. The Morgan fingerprint density at radius 2 is 2.16 bits per heavy atom. The minimum Gasteiger partial charge on any atom is -0.401 e. The molecule has 0 amide bonds. The fourth-order valence-electron chi connectivity index (χ4n) is 1.24. The van der Waals surface area contributed by atoms with E-state index in [0.717, 1.165) is 6.92 Å². The van der Waals surface area contributed by atoms with Crippen LogP contribution < -0.4 is 5.76 Å². The molecule has 2 aromatic heterocycles. The summed E-state index contributed by atoms with van der Waals surface area (Å²) in [7, 11) is 0. The molecule has 0 aliphatic heterocycles. The van der Waals surface area contributed by atoms with Crippen molar-refractivity contribution in [3.8, 4) is 0 Å². The molecule has 0 aliphatic rings. The molecule has 2 aromatic rings. The lowest BCUT2D eigenvalue weighted by Crippen LogP contribution is -2.21. The van der Waals surface area contributed by atoms with E-state index in [-0.39, 0.29) is 11.7 Å². The summed E-state index contributed by atoms with van der Waals surface area (Å²) in [5, 5.41) is 14.0. The molecule has 0 aliphatic carbocycles. The largest absolute Gasteiger partial charge is 0.444 e. The number of carbonyl (C=O) groups excluding carboxylic acids is 1. The number of nitrogens with zero attached hydrogens (tertiary/aromatic N) is 3. The summed E-state index contributed by atoms with van der Waals surface area (Å²) in [6.45, 7) is 1.16. The molecule has 0 radical (unpaired) electrons. The van der Waals surface area contributed by atoms with Crippen molar-refractivity contribution in [2.45, 2.75) is 6.92 Å². The summed E-state index contributed by atoms with van der Waals surface area (Å²) in [4.78, 5) is 31.8. The van der Waals surface area contributed by atoms with Crippen LogP contribution in [0.25, 0.3) is 12.2 Å². The maximum atomic E-state index is 11.2. The van der Waals surface area contributed by atoms with Crippen LogP contribution >= 0.6 is 0 Å². The first-order valence-electron chi connectivity index (χ1n) is 5.01. The molecule has 0 saturated carbocycles. The van der Waals surface area contributed by atoms with Gasteiger partial charge in [-0.05, 0) is 12.1 Å². The number of furan rings is 1. The zero-order valence-corrected chi connectivity index (χ0v) is 9.60. The van der Waals surface area contributed by atoms with Gasteiger partial charge in [-0.15, -0.1) is 9.78 Å². The third-order valence-corrected chi connectivity index (χ3v) is 2.04. The lowest BCUT2D eigenvalue weighted by Gasteiger charge is -1.84.